The van der Waals surface area contributed by atoms with Crippen molar-refractivity contribution in [3.8, 4) is 11.3 Å². The summed E-state index contributed by atoms with van der Waals surface area (Å²) in [4.78, 5) is 8.95. The largest absolute Gasteiger partial charge is 0.256 e. The lowest BCUT2D eigenvalue weighted by Crippen LogP contribution is -2.03. The van der Waals surface area contributed by atoms with Crippen molar-refractivity contribution in [3.63, 3.8) is 0 Å². The zero-order valence-corrected chi connectivity index (χ0v) is 14.2. The summed E-state index contributed by atoms with van der Waals surface area (Å²) >= 11 is 0. The van der Waals surface area contributed by atoms with Gasteiger partial charge in [-0.25, -0.2) is 14.1 Å². The predicted molar refractivity (Wildman–Crippen MR) is 102 cm³/mol. The van der Waals surface area contributed by atoms with Gasteiger partial charge in [-0.15, -0.1) is 5.10 Å². The van der Waals surface area contributed by atoms with E-state index < -0.39 is 0 Å². The number of nitrogens with zero attached hydrogens (tertiary/aromatic N) is 5. The summed E-state index contributed by atoms with van der Waals surface area (Å²) in [5.74, 6) is -0.301. The van der Waals surface area contributed by atoms with Gasteiger partial charge < -0.3 is 0 Å². The molecule has 2 aromatic carbocycles. The molecule has 0 saturated carbocycles. The third-order valence-electron chi connectivity index (χ3n) is 4.51. The number of hydrogen-bond donors (Lipinski definition) is 0. The molecule has 0 bridgehead atoms. The lowest BCUT2D eigenvalue weighted by atomic mass is 10.1. The maximum Gasteiger partial charge on any atom is 0.179 e. The fourth-order valence-corrected chi connectivity index (χ4v) is 3.18. The second-order valence-electron chi connectivity index (χ2n) is 6.30. The van der Waals surface area contributed by atoms with Gasteiger partial charge in [0.05, 0.1) is 17.8 Å². The van der Waals surface area contributed by atoms with Crippen LogP contribution in [-0.4, -0.2) is 25.0 Å². The van der Waals surface area contributed by atoms with Crippen LogP contribution in [0.4, 0.5) is 4.39 Å². The van der Waals surface area contributed by atoms with Crippen molar-refractivity contribution in [1.29, 1.82) is 0 Å². The Morgan fingerprint density at radius 1 is 0.889 bits per heavy atom. The molecule has 27 heavy (non-hydrogen) atoms. The summed E-state index contributed by atoms with van der Waals surface area (Å²) in [6.45, 7) is 0.523. The van der Waals surface area contributed by atoms with E-state index >= 15 is 0 Å². The Balaban J connectivity index is 1.56. The number of aromatic nitrogens is 5. The number of hydrogen-bond acceptors (Lipinski definition) is 4. The lowest BCUT2D eigenvalue weighted by Gasteiger charge is -2.06. The summed E-state index contributed by atoms with van der Waals surface area (Å²) < 4.78 is 15.8. The van der Waals surface area contributed by atoms with E-state index in [4.69, 9.17) is 0 Å². The van der Waals surface area contributed by atoms with E-state index in [0.29, 0.717) is 29.0 Å². The van der Waals surface area contributed by atoms with Gasteiger partial charge in [-0.1, -0.05) is 29.5 Å². The molecule has 0 saturated heterocycles. The van der Waals surface area contributed by atoms with Crippen molar-refractivity contribution < 1.29 is 4.39 Å². The van der Waals surface area contributed by atoms with Gasteiger partial charge in [-0.3, -0.25) is 4.98 Å². The highest BCUT2D eigenvalue weighted by molar-refractivity contribution is 5.79. The van der Waals surface area contributed by atoms with Crippen LogP contribution in [0.25, 0.3) is 33.3 Å². The zero-order valence-electron chi connectivity index (χ0n) is 14.2. The van der Waals surface area contributed by atoms with Crippen molar-refractivity contribution in [1.82, 2.24) is 25.0 Å². The molecule has 0 unspecified atom stereocenters. The van der Waals surface area contributed by atoms with Crippen LogP contribution in [-0.2, 0) is 6.54 Å². The highest BCUT2D eigenvalue weighted by Gasteiger charge is 2.11. The third kappa shape index (κ3) is 2.81. The second kappa shape index (κ2) is 6.25. The molecule has 0 amide bonds. The van der Waals surface area contributed by atoms with Crippen molar-refractivity contribution in [3.05, 3.63) is 84.3 Å². The second-order valence-corrected chi connectivity index (χ2v) is 6.30. The first kappa shape index (κ1) is 15.6. The molecule has 3 heterocycles. The van der Waals surface area contributed by atoms with Gasteiger partial charge >= 0.3 is 0 Å². The first-order chi connectivity index (χ1) is 13.3. The SMILES string of the molecule is Fc1ccccc1-c1ccc2nnn(Cc3ccc4ncccc4c3)c2n1. The van der Waals surface area contributed by atoms with E-state index in [1.165, 1.54) is 6.07 Å². The zero-order chi connectivity index (χ0) is 18.2. The van der Waals surface area contributed by atoms with Gasteiger partial charge in [0.25, 0.3) is 0 Å². The van der Waals surface area contributed by atoms with Crippen molar-refractivity contribution in [2.75, 3.05) is 0 Å². The first-order valence-corrected chi connectivity index (χ1v) is 8.57. The van der Waals surface area contributed by atoms with Gasteiger partial charge in [0, 0.05) is 17.1 Å². The van der Waals surface area contributed by atoms with Gasteiger partial charge in [0.2, 0.25) is 0 Å². The highest BCUT2D eigenvalue weighted by atomic mass is 19.1. The molecule has 5 nitrogen and oxygen atoms in total. The van der Waals surface area contributed by atoms with Crippen LogP contribution in [0, 0.1) is 5.82 Å². The van der Waals surface area contributed by atoms with E-state index in [1.54, 1.807) is 35.1 Å². The summed E-state index contributed by atoms with van der Waals surface area (Å²) in [5.41, 5.74) is 4.35. The molecule has 0 aliphatic rings. The fourth-order valence-electron chi connectivity index (χ4n) is 3.18. The average molecular weight is 355 g/mol. The Morgan fingerprint density at radius 2 is 1.78 bits per heavy atom. The van der Waals surface area contributed by atoms with Gasteiger partial charge in [0.1, 0.15) is 11.3 Å². The van der Waals surface area contributed by atoms with Crippen LogP contribution >= 0.6 is 0 Å². The Morgan fingerprint density at radius 3 is 2.70 bits per heavy atom. The highest BCUT2D eigenvalue weighted by Crippen LogP contribution is 2.23. The summed E-state index contributed by atoms with van der Waals surface area (Å²) in [6.07, 6.45) is 1.78. The molecular formula is C21H14FN5. The number of halogens is 1. The van der Waals surface area contributed by atoms with E-state index in [1.807, 2.05) is 30.3 Å². The molecule has 0 atom stereocenters. The topological polar surface area (TPSA) is 56.5 Å². The number of pyridine rings is 2. The molecule has 130 valence electrons. The summed E-state index contributed by atoms with van der Waals surface area (Å²) in [6, 6.07) is 20.2. The van der Waals surface area contributed by atoms with Gasteiger partial charge in [-0.05, 0) is 48.0 Å². The van der Waals surface area contributed by atoms with E-state index in [9.17, 15) is 4.39 Å². The minimum Gasteiger partial charge on any atom is -0.256 e. The van der Waals surface area contributed by atoms with Crippen LogP contribution in [0.5, 0.6) is 0 Å². The standard InChI is InChI=1S/C21H14FN5/c22-17-6-2-1-5-16(17)19-9-10-20-21(24-19)27(26-25-20)13-14-7-8-18-15(12-14)4-3-11-23-18/h1-12H,13H2. The van der Waals surface area contributed by atoms with Crippen molar-refractivity contribution in [2.24, 2.45) is 0 Å². The number of benzene rings is 2. The monoisotopic (exact) mass is 355 g/mol. The first-order valence-electron chi connectivity index (χ1n) is 8.57. The Bertz CT molecular complexity index is 1280. The molecule has 0 aliphatic heterocycles. The Hall–Kier alpha value is -3.67. The normalized spacial score (nSPS) is 11.3. The molecular weight excluding hydrogens is 341 g/mol. The maximum atomic E-state index is 14.1. The molecule has 5 aromatic rings. The molecule has 0 N–H and O–H groups in total. The van der Waals surface area contributed by atoms with Crippen molar-refractivity contribution >= 4 is 22.1 Å². The van der Waals surface area contributed by atoms with Crippen molar-refractivity contribution in [2.45, 2.75) is 6.54 Å². The summed E-state index contributed by atoms with van der Waals surface area (Å²) in [7, 11) is 0. The quantitative estimate of drug-likeness (QED) is 0.486. The van der Waals surface area contributed by atoms with Gasteiger partial charge in [0.15, 0.2) is 5.65 Å². The number of rotatable bonds is 3. The molecule has 0 aliphatic carbocycles. The van der Waals surface area contributed by atoms with Gasteiger partial charge in [-0.2, -0.15) is 0 Å². The fraction of sp³-hybridized carbons (Fsp3) is 0.0476. The van der Waals surface area contributed by atoms with E-state index in [-0.39, 0.29) is 5.82 Å². The Kier molecular flexibility index (Phi) is 3.60. The van der Waals surface area contributed by atoms with Crippen LogP contribution < -0.4 is 0 Å². The minimum absolute atomic E-state index is 0.301. The van der Waals surface area contributed by atoms with Crippen LogP contribution in [0.2, 0.25) is 0 Å². The summed E-state index contributed by atoms with van der Waals surface area (Å²) in [5, 5.41) is 9.47. The molecule has 0 fully saturated rings. The lowest BCUT2D eigenvalue weighted by molar-refractivity contribution is 0.630. The van der Waals surface area contributed by atoms with Crippen LogP contribution in [0.1, 0.15) is 5.56 Å². The van der Waals surface area contributed by atoms with E-state index in [0.717, 1.165) is 16.5 Å². The maximum absolute atomic E-state index is 14.1. The third-order valence-corrected chi connectivity index (χ3v) is 4.51. The number of fused-ring (bicyclic) bond motifs is 2. The minimum atomic E-state index is -0.301. The van der Waals surface area contributed by atoms with Crippen LogP contribution in [0.15, 0.2) is 72.9 Å². The molecule has 0 spiro atoms. The molecule has 6 heteroatoms. The smallest absolute Gasteiger partial charge is 0.179 e. The molecule has 3 aromatic heterocycles. The predicted octanol–water partition coefficient (Wildman–Crippen LogP) is 4.23. The van der Waals surface area contributed by atoms with Crippen LogP contribution in [0.3, 0.4) is 0 Å². The average Bonchev–Trinajstić information content (AvgIpc) is 3.10. The van der Waals surface area contributed by atoms with E-state index in [2.05, 4.69) is 26.3 Å². The molecule has 0 radical (unpaired) electrons. The Labute approximate surface area is 154 Å². The molecule has 5 rings (SSSR count).